The Hall–Kier alpha value is -3.32. The van der Waals surface area contributed by atoms with Crippen molar-refractivity contribution in [3.8, 4) is 22.6 Å². The molecule has 0 N–H and O–H groups in total. The average molecular weight is 448 g/mol. The van der Waals surface area contributed by atoms with Crippen LogP contribution in [0.5, 0.6) is 5.75 Å². The third-order valence-electron chi connectivity index (χ3n) is 5.15. The van der Waals surface area contributed by atoms with Crippen molar-refractivity contribution in [2.45, 2.75) is 30.5 Å². The highest BCUT2D eigenvalue weighted by atomic mass is 32.2. The highest BCUT2D eigenvalue weighted by Crippen LogP contribution is 2.39. The second-order valence-electron chi connectivity index (χ2n) is 7.09. The summed E-state index contributed by atoms with van der Waals surface area (Å²) in [5.74, 6) is 0.520. The molecule has 0 unspecified atom stereocenters. The monoisotopic (exact) mass is 447 g/mol. The number of methoxy groups -OCH3 is 1. The fraction of sp³-hybridized carbons (Fsp3) is 0.240. The lowest BCUT2D eigenvalue weighted by Gasteiger charge is -2.14. The van der Waals surface area contributed by atoms with E-state index in [1.165, 1.54) is 11.8 Å². The number of rotatable bonds is 8. The Morgan fingerprint density at radius 2 is 1.81 bits per heavy atom. The summed E-state index contributed by atoms with van der Waals surface area (Å²) in [6.45, 7) is 4.15. The standard InChI is InChI=1S/C25H25N3O3S/c1-4-21(25(29)31-5-2)32-24-22-18(17-11-7-6-8-12-17)15-28(23(22)26-16-27-24)19-13-9-10-14-20(19)30-3/h6-16,21H,4-5H2,1-3H3/t21-/m1/s1. The molecule has 0 saturated carbocycles. The number of esters is 1. The van der Waals surface area contributed by atoms with Crippen molar-refractivity contribution in [1.29, 1.82) is 0 Å². The zero-order valence-corrected chi connectivity index (χ0v) is 19.1. The Balaban J connectivity index is 1.93. The molecule has 4 rings (SSSR count). The minimum absolute atomic E-state index is 0.225. The molecule has 1 atom stereocenters. The summed E-state index contributed by atoms with van der Waals surface area (Å²) >= 11 is 1.42. The van der Waals surface area contributed by atoms with E-state index in [0.717, 1.165) is 38.6 Å². The second-order valence-corrected chi connectivity index (χ2v) is 8.29. The Labute approximate surface area is 191 Å². The van der Waals surface area contributed by atoms with Gasteiger partial charge in [0, 0.05) is 11.8 Å². The van der Waals surface area contributed by atoms with Crippen molar-refractivity contribution < 1.29 is 14.3 Å². The van der Waals surface area contributed by atoms with Gasteiger partial charge >= 0.3 is 5.97 Å². The van der Waals surface area contributed by atoms with Crippen LogP contribution in [-0.4, -0.2) is 39.5 Å². The van der Waals surface area contributed by atoms with Crippen LogP contribution in [0.2, 0.25) is 0 Å². The van der Waals surface area contributed by atoms with E-state index in [1.54, 1.807) is 13.4 Å². The largest absolute Gasteiger partial charge is 0.495 e. The van der Waals surface area contributed by atoms with Gasteiger partial charge in [-0.2, -0.15) is 0 Å². The number of hydrogen-bond acceptors (Lipinski definition) is 6. The average Bonchev–Trinajstić information content (AvgIpc) is 3.23. The molecule has 6 nitrogen and oxygen atoms in total. The summed E-state index contributed by atoms with van der Waals surface area (Å²) in [5.41, 5.74) is 3.68. The van der Waals surface area contributed by atoms with Crippen molar-refractivity contribution in [3.63, 3.8) is 0 Å². The number of aromatic nitrogens is 3. The number of carbonyl (C=O) groups is 1. The van der Waals surface area contributed by atoms with Crippen LogP contribution < -0.4 is 4.74 Å². The number of carbonyl (C=O) groups excluding carboxylic acids is 1. The fourth-order valence-electron chi connectivity index (χ4n) is 3.64. The van der Waals surface area contributed by atoms with E-state index in [1.807, 2.05) is 60.9 Å². The molecule has 0 fully saturated rings. The van der Waals surface area contributed by atoms with Gasteiger partial charge in [0.15, 0.2) is 0 Å². The fourth-order valence-corrected chi connectivity index (χ4v) is 4.67. The van der Waals surface area contributed by atoms with E-state index >= 15 is 0 Å². The summed E-state index contributed by atoms with van der Waals surface area (Å²) in [4.78, 5) is 21.7. The van der Waals surface area contributed by atoms with E-state index < -0.39 is 0 Å². The van der Waals surface area contributed by atoms with Crippen molar-refractivity contribution in [2.24, 2.45) is 0 Å². The topological polar surface area (TPSA) is 66.2 Å². The lowest BCUT2D eigenvalue weighted by atomic mass is 10.1. The first-order valence-electron chi connectivity index (χ1n) is 10.6. The number of fused-ring (bicyclic) bond motifs is 1. The first-order chi connectivity index (χ1) is 15.7. The molecule has 32 heavy (non-hydrogen) atoms. The van der Waals surface area contributed by atoms with Gasteiger partial charge in [0.1, 0.15) is 28.0 Å². The van der Waals surface area contributed by atoms with Gasteiger partial charge < -0.3 is 9.47 Å². The number of hydrogen-bond donors (Lipinski definition) is 0. The third-order valence-corrected chi connectivity index (χ3v) is 6.49. The van der Waals surface area contributed by atoms with Crippen molar-refractivity contribution in [2.75, 3.05) is 13.7 Å². The maximum Gasteiger partial charge on any atom is 0.319 e. The predicted molar refractivity (Wildman–Crippen MR) is 127 cm³/mol. The highest BCUT2D eigenvalue weighted by molar-refractivity contribution is 8.00. The van der Waals surface area contributed by atoms with Gasteiger partial charge in [-0.1, -0.05) is 61.2 Å². The van der Waals surface area contributed by atoms with Gasteiger partial charge in [0.05, 0.1) is 24.8 Å². The van der Waals surface area contributed by atoms with Gasteiger partial charge in [-0.3, -0.25) is 9.36 Å². The molecule has 0 aliphatic rings. The van der Waals surface area contributed by atoms with Gasteiger partial charge in [0.25, 0.3) is 0 Å². The Morgan fingerprint density at radius 1 is 1.06 bits per heavy atom. The Kier molecular flexibility index (Phi) is 6.75. The number of ether oxygens (including phenoxy) is 2. The third kappa shape index (κ3) is 4.21. The van der Waals surface area contributed by atoms with Crippen LogP contribution in [0.25, 0.3) is 27.8 Å². The molecule has 7 heteroatoms. The first kappa shape index (κ1) is 21.9. The van der Waals surface area contributed by atoms with Crippen LogP contribution >= 0.6 is 11.8 Å². The molecule has 4 aromatic rings. The van der Waals surface area contributed by atoms with Crippen LogP contribution in [0.1, 0.15) is 20.3 Å². The van der Waals surface area contributed by atoms with Crippen LogP contribution in [0, 0.1) is 0 Å². The van der Waals surface area contributed by atoms with Gasteiger partial charge in [-0.05, 0) is 31.0 Å². The molecule has 2 aromatic heterocycles. The van der Waals surface area contributed by atoms with Gasteiger partial charge in [-0.15, -0.1) is 0 Å². The molecular weight excluding hydrogens is 422 g/mol. The zero-order chi connectivity index (χ0) is 22.5. The molecule has 0 aliphatic carbocycles. The molecule has 0 radical (unpaired) electrons. The molecule has 0 aliphatic heterocycles. The van der Waals surface area contributed by atoms with Gasteiger partial charge in [0.2, 0.25) is 0 Å². The lowest BCUT2D eigenvalue weighted by Crippen LogP contribution is -2.19. The molecule has 0 saturated heterocycles. The lowest BCUT2D eigenvalue weighted by molar-refractivity contribution is -0.142. The highest BCUT2D eigenvalue weighted by Gasteiger charge is 2.24. The molecule has 0 spiro atoms. The molecular formula is C25H25N3O3S. The predicted octanol–water partition coefficient (Wildman–Crippen LogP) is 5.53. The number of para-hydroxylation sites is 2. The summed E-state index contributed by atoms with van der Waals surface area (Å²) in [7, 11) is 1.66. The molecule has 0 amide bonds. The quantitative estimate of drug-likeness (QED) is 0.201. The van der Waals surface area contributed by atoms with E-state index in [-0.39, 0.29) is 11.2 Å². The molecule has 0 bridgehead atoms. The SMILES string of the molecule is CCOC(=O)[C@@H](CC)Sc1ncnc2c1c(-c1ccccc1)cn2-c1ccccc1OC. The van der Waals surface area contributed by atoms with Crippen molar-refractivity contribution in [3.05, 3.63) is 67.1 Å². The Morgan fingerprint density at radius 3 is 2.53 bits per heavy atom. The van der Waals surface area contributed by atoms with E-state index in [2.05, 4.69) is 28.3 Å². The van der Waals surface area contributed by atoms with Crippen molar-refractivity contribution >= 4 is 28.8 Å². The minimum atomic E-state index is -0.341. The Bertz CT molecular complexity index is 1220. The van der Waals surface area contributed by atoms with E-state index in [9.17, 15) is 4.79 Å². The number of benzene rings is 2. The van der Waals surface area contributed by atoms with Crippen molar-refractivity contribution in [1.82, 2.24) is 14.5 Å². The van der Waals surface area contributed by atoms with E-state index in [0.29, 0.717) is 13.0 Å². The summed E-state index contributed by atoms with van der Waals surface area (Å²) in [6.07, 6.45) is 4.24. The second kappa shape index (κ2) is 9.87. The number of thioether (sulfide) groups is 1. The maximum atomic E-state index is 12.5. The summed E-state index contributed by atoms with van der Waals surface area (Å²) < 4.78 is 12.9. The maximum absolute atomic E-state index is 12.5. The molecule has 2 heterocycles. The molecule has 164 valence electrons. The van der Waals surface area contributed by atoms with E-state index in [4.69, 9.17) is 9.47 Å². The normalized spacial score (nSPS) is 12.0. The first-order valence-corrected chi connectivity index (χ1v) is 11.4. The molecule has 2 aromatic carbocycles. The van der Waals surface area contributed by atoms with Crippen LogP contribution in [0.4, 0.5) is 0 Å². The van der Waals surface area contributed by atoms with Crippen LogP contribution in [0.3, 0.4) is 0 Å². The number of nitrogens with zero attached hydrogens (tertiary/aromatic N) is 3. The summed E-state index contributed by atoms with van der Waals surface area (Å²) in [5, 5.41) is 1.31. The smallest absolute Gasteiger partial charge is 0.319 e. The minimum Gasteiger partial charge on any atom is -0.495 e. The van der Waals surface area contributed by atoms with Crippen LogP contribution in [-0.2, 0) is 9.53 Å². The zero-order valence-electron chi connectivity index (χ0n) is 18.3. The van der Waals surface area contributed by atoms with Gasteiger partial charge in [-0.25, -0.2) is 9.97 Å². The summed E-state index contributed by atoms with van der Waals surface area (Å²) in [6, 6.07) is 17.9. The van der Waals surface area contributed by atoms with Crippen LogP contribution in [0.15, 0.2) is 72.1 Å².